The number of fused-ring (bicyclic) bond motifs is 1. The predicted molar refractivity (Wildman–Crippen MR) is 133 cm³/mol. The zero-order chi connectivity index (χ0) is 24.4. The average molecular weight is 487 g/mol. The minimum absolute atomic E-state index is 0.0701. The SMILES string of the molecule is COc1ccccc1C1CC1C(=O)Nc1sc2c(c1C#N)CCN(C(=O)CCc1ccccn1)C2. The number of rotatable bonds is 7. The zero-order valence-electron chi connectivity index (χ0n) is 19.5. The lowest BCUT2D eigenvalue weighted by Crippen LogP contribution is -2.35. The Bertz CT molecular complexity index is 1300. The molecule has 3 aromatic rings. The number of carbonyl (C=O) groups excluding carboxylic acids is 2. The molecule has 0 saturated heterocycles. The first-order chi connectivity index (χ1) is 17.1. The second-order valence-electron chi connectivity index (χ2n) is 8.89. The first-order valence-corrected chi connectivity index (χ1v) is 12.6. The van der Waals surface area contributed by atoms with Gasteiger partial charge < -0.3 is 15.0 Å². The van der Waals surface area contributed by atoms with E-state index in [9.17, 15) is 14.9 Å². The number of amides is 2. The van der Waals surface area contributed by atoms with Crippen LogP contribution in [0.1, 0.15) is 46.0 Å². The van der Waals surface area contributed by atoms with Gasteiger partial charge in [-0.3, -0.25) is 14.6 Å². The number of aryl methyl sites for hydroxylation is 1. The number of pyridine rings is 1. The number of anilines is 1. The van der Waals surface area contributed by atoms with Crippen LogP contribution in [0.2, 0.25) is 0 Å². The number of nitriles is 1. The normalized spacial score (nSPS) is 18.3. The van der Waals surface area contributed by atoms with Crippen molar-refractivity contribution in [2.75, 3.05) is 19.0 Å². The van der Waals surface area contributed by atoms with Gasteiger partial charge in [-0.15, -0.1) is 11.3 Å². The van der Waals surface area contributed by atoms with E-state index in [4.69, 9.17) is 4.74 Å². The van der Waals surface area contributed by atoms with Gasteiger partial charge in [-0.2, -0.15) is 5.26 Å². The number of nitrogens with zero attached hydrogens (tertiary/aromatic N) is 3. The summed E-state index contributed by atoms with van der Waals surface area (Å²) in [7, 11) is 1.64. The molecule has 2 aliphatic rings. The highest BCUT2D eigenvalue weighted by molar-refractivity contribution is 7.16. The summed E-state index contributed by atoms with van der Waals surface area (Å²) in [6.07, 6.45) is 4.12. The summed E-state index contributed by atoms with van der Waals surface area (Å²) in [4.78, 5) is 32.9. The molecule has 5 rings (SSSR count). The van der Waals surface area contributed by atoms with Gasteiger partial charge in [0.05, 0.1) is 19.2 Å². The van der Waals surface area contributed by atoms with E-state index < -0.39 is 0 Å². The first-order valence-electron chi connectivity index (χ1n) is 11.7. The van der Waals surface area contributed by atoms with Gasteiger partial charge in [-0.25, -0.2) is 0 Å². The van der Waals surface area contributed by atoms with Gasteiger partial charge in [-0.1, -0.05) is 24.3 Å². The van der Waals surface area contributed by atoms with E-state index in [0.717, 1.165) is 33.9 Å². The molecule has 1 N–H and O–H groups in total. The molecule has 178 valence electrons. The van der Waals surface area contributed by atoms with Gasteiger partial charge in [0.2, 0.25) is 11.8 Å². The van der Waals surface area contributed by atoms with E-state index in [1.54, 1.807) is 13.3 Å². The van der Waals surface area contributed by atoms with E-state index in [1.807, 2.05) is 47.4 Å². The minimum Gasteiger partial charge on any atom is -0.496 e. The number of hydrogen-bond acceptors (Lipinski definition) is 6. The third-order valence-electron chi connectivity index (χ3n) is 6.74. The molecule has 7 nitrogen and oxygen atoms in total. The lowest BCUT2D eigenvalue weighted by atomic mass is 10.0. The number of carbonyl (C=O) groups is 2. The van der Waals surface area contributed by atoms with Crippen molar-refractivity contribution in [3.05, 3.63) is 75.9 Å². The van der Waals surface area contributed by atoms with Crippen molar-refractivity contribution in [3.8, 4) is 11.8 Å². The van der Waals surface area contributed by atoms with Crippen LogP contribution in [-0.2, 0) is 29.0 Å². The molecule has 2 atom stereocenters. The Morgan fingerprint density at radius 2 is 2.09 bits per heavy atom. The number of methoxy groups -OCH3 is 1. The molecule has 0 radical (unpaired) electrons. The fraction of sp³-hybridized carbons (Fsp3) is 0.333. The molecular formula is C27H26N4O3S. The third kappa shape index (κ3) is 4.77. The Labute approximate surface area is 208 Å². The highest BCUT2D eigenvalue weighted by Gasteiger charge is 2.45. The van der Waals surface area contributed by atoms with Crippen LogP contribution in [0, 0.1) is 17.2 Å². The quantitative estimate of drug-likeness (QED) is 0.538. The summed E-state index contributed by atoms with van der Waals surface area (Å²) < 4.78 is 5.45. The van der Waals surface area contributed by atoms with Gasteiger partial charge in [0.15, 0.2) is 0 Å². The van der Waals surface area contributed by atoms with E-state index >= 15 is 0 Å². The van der Waals surface area contributed by atoms with Crippen LogP contribution in [0.5, 0.6) is 5.75 Å². The molecule has 1 aliphatic heterocycles. The van der Waals surface area contributed by atoms with Crippen molar-refractivity contribution >= 4 is 28.2 Å². The Hall–Kier alpha value is -3.70. The number of thiophene rings is 1. The molecule has 2 unspecified atom stereocenters. The van der Waals surface area contributed by atoms with Crippen LogP contribution in [-0.4, -0.2) is 35.4 Å². The number of aromatic nitrogens is 1. The van der Waals surface area contributed by atoms with Crippen molar-refractivity contribution in [3.63, 3.8) is 0 Å². The summed E-state index contributed by atoms with van der Waals surface area (Å²) in [5, 5.41) is 13.4. The number of nitrogens with one attached hydrogen (secondary N) is 1. The van der Waals surface area contributed by atoms with Crippen LogP contribution < -0.4 is 10.1 Å². The number of ether oxygens (including phenoxy) is 1. The fourth-order valence-corrected chi connectivity index (χ4v) is 5.98. The van der Waals surface area contributed by atoms with E-state index in [0.29, 0.717) is 42.9 Å². The molecule has 2 amide bonds. The van der Waals surface area contributed by atoms with E-state index in [2.05, 4.69) is 16.4 Å². The van der Waals surface area contributed by atoms with Crippen molar-refractivity contribution in [2.24, 2.45) is 5.92 Å². The molecule has 2 aromatic heterocycles. The number of benzene rings is 1. The molecule has 8 heteroatoms. The number of hydrogen-bond donors (Lipinski definition) is 1. The smallest absolute Gasteiger partial charge is 0.228 e. The standard InChI is InChI=1S/C27H26N4O3S/c1-34-23-8-3-2-7-18(23)20-14-21(20)26(33)30-27-22(15-28)19-11-13-31(16-24(19)35-27)25(32)10-9-17-6-4-5-12-29-17/h2-8,12,20-21H,9-11,13-14,16H2,1H3,(H,30,33). The van der Waals surface area contributed by atoms with Crippen molar-refractivity contribution in [1.29, 1.82) is 5.26 Å². The van der Waals surface area contributed by atoms with Gasteiger partial charge in [0.1, 0.15) is 16.8 Å². The molecule has 1 saturated carbocycles. The van der Waals surface area contributed by atoms with Crippen LogP contribution >= 0.6 is 11.3 Å². The third-order valence-corrected chi connectivity index (χ3v) is 7.88. The molecule has 1 aromatic carbocycles. The maximum Gasteiger partial charge on any atom is 0.228 e. The summed E-state index contributed by atoms with van der Waals surface area (Å²) >= 11 is 1.42. The van der Waals surface area contributed by atoms with E-state index in [1.165, 1.54) is 11.3 Å². The van der Waals surface area contributed by atoms with Crippen LogP contribution in [0.25, 0.3) is 0 Å². The van der Waals surface area contributed by atoms with Gasteiger partial charge in [-0.05, 0) is 54.5 Å². The predicted octanol–water partition coefficient (Wildman–Crippen LogP) is 4.28. The Morgan fingerprint density at radius 1 is 1.26 bits per heavy atom. The van der Waals surface area contributed by atoms with Gasteiger partial charge in [0, 0.05) is 35.7 Å². The summed E-state index contributed by atoms with van der Waals surface area (Å²) in [5.41, 5.74) is 3.44. The molecular weight excluding hydrogens is 460 g/mol. The van der Waals surface area contributed by atoms with Crippen LogP contribution in [0.15, 0.2) is 48.7 Å². The Morgan fingerprint density at radius 3 is 2.86 bits per heavy atom. The lowest BCUT2D eigenvalue weighted by molar-refractivity contribution is -0.132. The average Bonchev–Trinajstić information content (AvgIpc) is 3.62. The molecule has 0 bridgehead atoms. The van der Waals surface area contributed by atoms with Crippen molar-refractivity contribution in [2.45, 2.75) is 38.1 Å². The molecule has 0 spiro atoms. The van der Waals surface area contributed by atoms with Gasteiger partial charge >= 0.3 is 0 Å². The first kappa shape index (κ1) is 23.1. The maximum absolute atomic E-state index is 13.0. The monoisotopic (exact) mass is 486 g/mol. The fourth-order valence-electron chi connectivity index (χ4n) is 4.77. The summed E-state index contributed by atoms with van der Waals surface area (Å²) in [6, 6.07) is 15.8. The Balaban J connectivity index is 1.24. The number of para-hydroxylation sites is 1. The van der Waals surface area contributed by atoms with Gasteiger partial charge in [0.25, 0.3) is 0 Å². The molecule has 1 fully saturated rings. The van der Waals surface area contributed by atoms with Crippen molar-refractivity contribution in [1.82, 2.24) is 9.88 Å². The largest absolute Gasteiger partial charge is 0.496 e. The second kappa shape index (κ2) is 9.88. The van der Waals surface area contributed by atoms with E-state index in [-0.39, 0.29) is 23.7 Å². The van der Waals surface area contributed by atoms with Crippen LogP contribution in [0.3, 0.4) is 0 Å². The highest BCUT2D eigenvalue weighted by Crippen LogP contribution is 2.51. The molecule has 35 heavy (non-hydrogen) atoms. The summed E-state index contributed by atoms with van der Waals surface area (Å²) in [5.74, 6) is 0.792. The maximum atomic E-state index is 13.0. The van der Waals surface area contributed by atoms with Crippen LogP contribution in [0.4, 0.5) is 5.00 Å². The molecule has 3 heterocycles. The Kier molecular flexibility index (Phi) is 6.51. The lowest BCUT2D eigenvalue weighted by Gasteiger charge is -2.27. The zero-order valence-corrected chi connectivity index (χ0v) is 20.3. The topological polar surface area (TPSA) is 95.3 Å². The highest BCUT2D eigenvalue weighted by atomic mass is 32.1. The minimum atomic E-state index is -0.137. The second-order valence-corrected chi connectivity index (χ2v) is 9.99. The molecule has 1 aliphatic carbocycles. The summed E-state index contributed by atoms with van der Waals surface area (Å²) in [6.45, 7) is 1.05. The van der Waals surface area contributed by atoms with Crippen molar-refractivity contribution < 1.29 is 14.3 Å².